The molecule has 0 unspecified atom stereocenters. The average molecular weight is 498 g/mol. The van der Waals surface area contributed by atoms with Crippen LogP contribution in [-0.2, 0) is 16.6 Å². The monoisotopic (exact) mass is 497 g/mol. The van der Waals surface area contributed by atoms with Crippen LogP contribution in [-0.4, -0.2) is 53.8 Å². The van der Waals surface area contributed by atoms with Crippen LogP contribution in [0.15, 0.2) is 60.0 Å². The van der Waals surface area contributed by atoms with E-state index < -0.39 is 10.0 Å². The van der Waals surface area contributed by atoms with Crippen molar-refractivity contribution >= 4 is 42.6 Å². The lowest BCUT2D eigenvalue weighted by molar-refractivity contribution is 0.0986. The minimum atomic E-state index is -3.57. The fraction of sp³-hybridized carbons (Fsp3) is 0.292. The van der Waals surface area contributed by atoms with Crippen molar-refractivity contribution in [2.45, 2.75) is 31.7 Å². The molecule has 0 aliphatic heterocycles. The van der Waals surface area contributed by atoms with E-state index in [-0.39, 0.29) is 10.8 Å². The van der Waals surface area contributed by atoms with Gasteiger partial charge in [-0.3, -0.25) is 9.69 Å². The number of carbonyl (C=O) groups excluding carboxylic acids is 1. The highest BCUT2D eigenvalue weighted by molar-refractivity contribution is 7.89. The molecule has 34 heavy (non-hydrogen) atoms. The highest BCUT2D eigenvalue weighted by Crippen LogP contribution is 2.33. The number of amides is 1. The molecule has 0 spiro atoms. The van der Waals surface area contributed by atoms with Crippen LogP contribution in [0.1, 0.15) is 27.9 Å². The summed E-state index contributed by atoms with van der Waals surface area (Å²) in [7, 11) is -0.609. The first-order valence-corrected chi connectivity index (χ1v) is 13.1. The van der Waals surface area contributed by atoms with Crippen molar-refractivity contribution in [2.24, 2.45) is 0 Å². The Kier molecular flexibility index (Phi) is 6.83. The normalized spacial score (nSPS) is 11.9. The Bertz CT molecular complexity index is 1410. The molecule has 4 aromatic rings. The Morgan fingerprint density at radius 3 is 2.47 bits per heavy atom. The van der Waals surface area contributed by atoms with Crippen molar-refractivity contribution in [1.29, 1.82) is 0 Å². The molecule has 0 aliphatic rings. The zero-order valence-corrected chi connectivity index (χ0v) is 21.2. The molecule has 8 nitrogen and oxygen atoms in total. The van der Waals surface area contributed by atoms with E-state index >= 15 is 0 Å². The molecule has 4 rings (SSSR count). The third kappa shape index (κ3) is 4.75. The third-order valence-corrected chi connectivity index (χ3v) is 8.66. The topological polar surface area (TPSA) is 88.4 Å². The van der Waals surface area contributed by atoms with Crippen molar-refractivity contribution < 1.29 is 13.2 Å². The number of thiazole rings is 1. The van der Waals surface area contributed by atoms with Crippen LogP contribution in [0.3, 0.4) is 0 Å². The number of carbonyl (C=O) groups is 1. The van der Waals surface area contributed by atoms with Crippen molar-refractivity contribution in [2.75, 3.05) is 25.5 Å². The summed E-state index contributed by atoms with van der Waals surface area (Å²) in [4.78, 5) is 24.3. The van der Waals surface area contributed by atoms with Gasteiger partial charge in [0, 0.05) is 45.1 Å². The summed E-state index contributed by atoms with van der Waals surface area (Å²) in [5.41, 5.74) is 3.57. The van der Waals surface area contributed by atoms with Gasteiger partial charge in [0.15, 0.2) is 5.13 Å². The summed E-state index contributed by atoms with van der Waals surface area (Å²) in [5.74, 6) is -0.215. The minimum Gasteiger partial charge on any atom is -0.337 e. The predicted molar refractivity (Wildman–Crippen MR) is 135 cm³/mol. The summed E-state index contributed by atoms with van der Waals surface area (Å²) in [6.07, 6.45) is 6.08. The van der Waals surface area contributed by atoms with Crippen LogP contribution in [0.4, 0.5) is 5.13 Å². The van der Waals surface area contributed by atoms with E-state index in [0.29, 0.717) is 30.2 Å². The van der Waals surface area contributed by atoms with Crippen molar-refractivity contribution in [3.05, 3.63) is 71.8 Å². The van der Waals surface area contributed by atoms with Crippen LogP contribution in [0.25, 0.3) is 10.2 Å². The Morgan fingerprint density at radius 2 is 1.82 bits per heavy atom. The number of sulfonamides is 1. The van der Waals surface area contributed by atoms with E-state index in [9.17, 15) is 13.2 Å². The van der Waals surface area contributed by atoms with Crippen LogP contribution < -0.4 is 4.90 Å². The lowest BCUT2D eigenvalue weighted by atomic mass is 10.1. The zero-order valence-electron chi connectivity index (χ0n) is 19.6. The summed E-state index contributed by atoms with van der Waals surface area (Å²) in [6, 6.07) is 10.2. The Labute approximate surface area is 203 Å². The second-order valence-electron chi connectivity index (χ2n) is 8.27. The van der Waals surface area contributed by atoms with Gasteiger partial charge < -0.3 is 4.57 Å². The van der Waals surface area contributed by atoms with Gasteiger partial charge in [0.05, 0.1) is 21.4 Å². The first kappa shape index (κ1) is 24.1. The number of nitrogens with zero attached hydrogens (tertiary/aromatic N) is 5. The van der Waals surface area contributed by atoms with Gasteiger partial charge in [-0.05, 0) is 61.7 Å². The molecule has 178 valence electrons. The van der Waals surface area contributed by atoms with E-state index in [4.69, 9.17) is 4.98 Å². The molecule has 0 bridgehead atoms. The molecule has 2 aromatic heterocycles. The highest BCUT2D eigenvalue weighted by Gasteiger charge is 2.23. The van der Waals surface area contributed by atoms with Gasteiger partial charge >= 0.3 is 0 Å². The van der Waals surface area contributed by atoms with Crippen molar-refractivity contribution in [3.8, 4) is 0 Å². The molecule has 1 amide bonds. The molecule has 0 saturated heterocycles. The van der Waals surface area contributed by atoms with Crippen LogP contribution in [0.5, 0.6) is 0 Å². The molecular weight excluding hydrogens is 470 g/mol. The summed E-state index contributed by atoms with van der Waals surface area (Å²) >= 11 is 1.48. The van der Waals surface area contributed by atoms with Crippen molar-refractivity contribution in [1.82, 2.24) is 18.8 Å². The number of hydrogen-bond acceptors (Lipinski definition) is 6. The Hall–Kier alpha value is -3.08. The smallest absolute Gasteiger partial charge is 0.260 e. The van der Waals surface area contributed by atoms with Crippen LogP contribution in [0, 0.1) is 13.8 Å². The van der Waals surface area contributed by atoms with E-state index in [2.05, 4.69) is 11.1 Å². The quantitative estimate of drug-likeness (QED) is 0.366. The summed E-state index contributed by atoms with van der Waals surface area (Å²) in [5, 5.41) is 0.629. The predicted octanol–water partition coefficient (Wildman–Crippen LogP) is 4.10. The van der Waals surface area contributed by atoms with Gasteiger partial charge in [-0.15, -0.1) is 0 Å². The largest absolute Gasteiger partial charge is 0.337 e. The van der Waals surface area contributed by atoms with E-state index in [0.717, 1.165) is 25.6 Å². The van der Waals surface area contributed by atoms with Gasteiger partial charge in [0.2, 0.25) is 10.0 Å². The number of fused-ring (bicyclic) bond motifs is 1. The maximum absolute atomic E-state index is 13.6. The van der Waals surface area contributed by atoms with Crippen LogP contribution in [0.2, 0.25) is 0 Å². The third-order valence-electron chi connectivity index (χ3n) is 5.79. The molecule has 2 heterocycles. The number of benzene rings is 2. The van der Waals surface area contributed by atoms with Gasteiger partial charge in [-0.2, -0.15) is 0 Å². The summed E-state index contributed by atoms with van der Waals surface area (Å²) in [6.45, 7) is 5.26. The highest BCUT2D eigenvalue weighted by atomic mass is 32.2. The molecule has 10 heteroatoms. The van der Waals surface area contributed by atoms with Crippen LogP contribution >= 0.6 is 11.3 Å². The molecule has 0 N–H and O–H groups in total. The number of aromatic nitrogens is 3. The SMILES string of the molecule is Cc1ccc2sc(N(CCCn3ccnc3)C(=O)c3ccc(S(=O)(=O)N(C)C)cc3)nc2c1C. The Morgan fingerprint density at radius 1 is 1.09 bits per heavy atom. The van der Waals surface area contributed by atoms with E-state index in [1.807, 2.05) is 30.7 Å². The second-order valence-corrected chi connectivity index (χ2v) is 11.4. The summed E-state index contributed by atoms with van der Waals surface area (Å²) < 4.78 is 28.9. The Balaban J connectivity index is 1.66. The number of imidazole rings is 1. The van der Waals surface area contributed by atoms with E-state index in [1.165, 1.54) is 37.6 Å². The minimum absolute atomic E-state index is 0.145. The maximum atomic E-state index is 13.6. The molecule has 0 atom stereocenters. The number of aryl methyl sites for hydroxylation is 3. The fourth-order valence-electron chi connectivity index (χ4n) is 3.58. The zero-order chi connectivity index (χ0) is 24.5. The lowest BCUT2D eigenvalue weighted by Gasteiger charge is -2.20. The molecule has 0 saturated carbocycles. The first-order chi connectivity index (χ1) is 16.2. The van der Waals surface area contributed by atoms with Gasteiger partial charge in [0.25, 0.3) is 5.91 Å². The van der Waals surface area contributed by atoms with E-state index in [1.54, 1.807) is 29.6 Å². The van der Waals surface area contributed by atoms with Gasteiger partial charge in [-0.25, -0.2) is 22.7 Å². The van der Waals surface area contributed by atoms with Crippen molar-refractivity contribution in [3.63, 3.8) is 0 Å². The molecule has 0 fully saturated rings. The maximum Gasteiger partial charge on any atom is 0.260 e. The lowest BCUT2D eigenvalue weighted by Crippen LogP contribution is -2.32. The standard InChI is InChI=1S/C24H27N5O3S2/c1-17-6-11-21-22(18(17)2)26-24(33-21)29(14-5-13-28-15-12-25-16-28)23(30)19-7-9-20(10-8-19)34(31,32)27(3)4/h6-12,15-16H,5,13-14H2,1-4H3. The molecule has 0 radical (unpaired) electrons. The molecular formula is C24H27N5O3S2. The fourth-order valence-corrected chi connectivity index (χ4v) is 5.53. The average Bonchev–Trinajstić information content (AvgIpc) is 3.49. The van der Waals surface area contributed by atoms with Gasteiger partial charge in [-0.1, -0.05) is 17.4 Å². The van der Waals surface area contributed by atoms with Gasteiger partial charge in [0.1, 0.15) is 0 Å². The number of rotatable bonds is 8. The first-order valence-electron chi connectivity index (χ1n) is 10.9. The molecule has 0 aliphatic carbocycles. The number of hydrogen-bond donors (Lipinski definition) is 0. The molecule has 2 aromatic carbocycles. The number of anilines is 1. The second kappa shape index (κ2) is 9.65.